The molecule has 0 aliphatic carbocycles. The molecule has 0 radical (unpaired) electrons. The van der Waals surface area contributed by atoms with Crippen LogP contribution in [0.1, 0.15) is 38.5 Å². The zero-order valence-electron chi connectivity index (χ0n) is 22.4. The number of hydrogen-bond donors (Lipinski definition) is 2. The van der Waals surface area contributed by atoms with Crippen LogP contribution in [0.15, 0.2) is 24.4 Å². The minimum absolute atomic E-state index is 0.0479. The topological polar surface area (TPSA) is 105 Å². The molecule has 2 unspecified atom stereocenters. The summed E-state index contributed by atoms with van der Waals surface area (Å²) in [4.78, 5) is 23.5. The number of nitrogens with zero attached hydrogens (tertiary/aromatic N) is 6. The number of anilines is 2. The summed E-state index contributed by atoms with van der Waals surface area (Å²) >= 11 is 1.38. The molecule has 2 atom stereocenters. The molecule has 7 heterocycles. The second kappa shape index (κ2) is 9.46. The molecule has 4 aliphatic heterocycles. The molecule has 0 spiro atoms. The van der Waals surface area contributed by atoms with Crippen molar-refractivity contribution in [1.82, 2.24) is 30.2 Å². The van der Waals surface area contributed by atoms with Gasteiger partial charge in [-0.3, -0.25) is 9.88 Å². The molecule has 40 heavy (non-hydrogen) atoms. The Balaban J connectivity index is 1.24. The lowest BCUT2D eigenvalue weighted by Gasteiger charge is -2.31. The lowest BCUT2D eigenvalue weighted by molar-refractivity contribution is 0.108. The van der Waals surface area contributed by atoms with Gasteiger partial charge in [-0.1, -0.05) is 23.5 Å². The van der Waals surface area contributed by atoms with E-state index in [4.69, 9.17) is 20.4 Å². The van der Waals surface area contributed by atoms with E-state index in [9.17, 15) is 0 Å². The second-order valence-corrected chi connectivity index (χ2v) is 12.9. The van der Waals surface area contributed by atoms with E-state index in [0.29, 0.717) is 46.0 Å². The number of fused-ring (bicyclic) bond motifs is 5. The third-order valence-corrected chi connectivity index (χ3v) is 10.3. The van der Waals surface area contributed by atoms with E-state index >= 15 is 4.39 Å². The van der Waals surface area contributed by atoms with Gasteiger partial charge in [0.05, 0.1) is 21.1 Å². The fourth-order valence-corrected chi connectivity index (χ4v) is 8.24. The number of pyridine rings is 1. The second-order valence-electron chi connectivity index (χ2n) is 11.9. The van der Waals surface area contributed by atoms with Crippen LogP contribution >= 0.6 is 11.3 Å². The number of rotatable bonds is 5. The first-order valence-electron chi connectivity index (χ1n) is 14.4. The number of aromatic nitrogens is 4. The molecule has 3 N–H and O–H groups in total. The van der Waals surface area contributed by atoms with E-state index in [1.807, 2.05) is 18.2 Å². The summed E-state index contributed by atoms with van der Waals surface area (Å²) in [6.45, 7) is 5.52. The van der Waals surface area contributed by atoms with Crippen LogP contribution in [0.2, 0.25) is 0 Å². The average Bonchev–Trinajstić information content (AvgIpc) is 3.70. The Morgan fingerprint density at radius 3 is 2.88 bits per heavy atom. The van der Waals surface area contributed by atoms with Gasteiger partial charge in [-0.25, -0.2) is 9.37 Å². The van der Waals surface area contributed by atoms with Crippen molar-refractivity contribution in [3.05, 3.63) is 30.2 Å². The van der Waals surface area contributed by atoms with E-state index in [-0.39, 0.29) is 22.8 Å². The average molecular weight is 561 g/mol. The molecule has 3 aromatic heterocycles. The smallest absolute Gasteiger partial charge is 0.319 e. The summed E-state index contributed by atoms with van der Waals surface area (Å²) in [5.41, 5.74) is 7.75. The number of thiazole rings is 1. The maximum absolute atomic E-state index is 16.5. The molecular formula is C29H33FN8OS. The van der Waals surface area contributed by atoms with Crippen molar-refractivity contribution in [2.45, 2.75) is 50.1 Å². The standard InChI is InChI=1S/C29H33FN8OS/c30-22-24(19-4-1-5-21-23(19)34-27(31)40-21)33-14-20-25(22)35-28(39-16-29-7-2-9-38(29)10-3-8-29)36-26(20)37-11-6-17-12-18(15-37)32-13-17/h1,4-5,14,17-18,32H,2-3,6-13,15-16H2,(H2,31,34). The van der Waals surface area contributed by atoms with Gasteiger partial charge in [0.15, 0.2) is 10.9 Å². The molecule has 9 nitrogen and oxygen atoms in total. The van der Waals surface area contributed by atoms with Crippen molar-refractivity contribution >= 4 is 43.4 Å². The Labute approximate surface area is 236 Å². The van der Waals surface area contributed by atoms with E-state index in [0.717, 1.165) is 56.7 Å². The zero-order chi connectivity index (χ0) is 26.8. The number of nitrogens with two attached hydrogens (primary N) is 1. The molecule has 4 aromatic rings. The maximum Gasteiger partial charge on any atom is 0.319 e. The van der Waals surface area contributed by atoms with Gasteiger partial charge in [-0.15, -0.1) is 0 Å². The molecule has 4 aliphatic rings. The first-order valence-corrected chi connectivity index (χ1v) is 15.3. The number of nitrogen functional groups attached to an aromatic ring is 1. The highest BCUT2D eigenvalue weighted by Crippen LogP contribution is 2.40. The molecule has 2 bridgehead atoms. The number of hydrogen-bond acceptors (Lipinski definition) is 10. The lowest BCUT2D eigenvalue weighted by atomic mass is 9.95. The summed E-state index contributed by atoms with van der Waals surface area (Å²) in [6, 6.07) is 6.30. The molecular weight excluding hydrogens is 527 g/mol. The van der Waals surface area contributed by atoms with Crippen molar-refractivity contribution in [2.75, 3.05) is 50.0 Å². The predicted molar refractivity (Wildman–Crippen MR) is 155 cm³/mol. The Hall–Kier alpha value is -3.15. The van der Waals surface area contributed by atoms with Gasteiger partial charge < -0.3 is 20.7 Å². The zero-order valence-corrected chi connectivity index (χ0v) is 23.2. The van der Waals surface area contributed by atoms with Gasteiger partial charge in [0.1, 0.15) is 23.6 Å². The van der Waals surface area contributed by atoms with Crippen LogP contribution in [0.4, 0.5) is 15.3 Å². The summed E-state index contributed by atoms with van der Waals surface area (Å²) in [5.74, 6) is 0.887. The van der Waals surface area contributed by atoms with Crippen LogP contribution < -0.4 is 20.7 Å². The molecule has 8 rings (SSSR count). The number of benzene rings is 1. The fourth-order valence-electron chi connectivity index (χ4n) is 7.48. The third-order valence-electron chi connectivity index (χ3n) is 9.48. The van der Waals surface area contributed by atoms with Crippen molar-refractivity contribution in [3.63, 3.8) is 0 Å². The Morgan fingerprint density at radius 2 is 2.00 bits per heavy atom. The van der Waals surface area contributed by atoms with Crippen molar-refractivity contribution in [3.8, 4) is 17.3 Å². The SMILES string of the molecule is Nc1nc2c(-c3ncc4c(N5CCC6CNC(C6)C5)nc(OCC56CCCN5CCC6)nc4c3F)cccc2s1. The Kier molecular flexibility index (Phi) is 5.82. The van der Waals surface area contributed by atoms with Gasteiger partial charge in [0.2, 0.25) is 0 Å². The minimum Gasteiger partial charge on any atom is -0.461 e. The summed E-state index contributed by atoms with van der Waals surface area (Å²) in [5, 5.41) is 4.69. The van der Waals surface area contributed by atoms with Crippen LogP contribution in [0.25, 0.3) is 32.4 Å². The Morgan fingerprint density at radius 1 is 1.12 bits per heavy atom. The van der Waals surface area contributed by atoms with Crippen LogP contribution in [-0.2, 0) is 0 Å². The van der Waals surface area contributed by atoms with Gasteiger partial charge in [0, 0.05) is 30.9 Å². The highest BCUT2D eigenvalue weighted by atomic mass is 32.1. The van der Waals surface area contributed by atoms with Crippen molar-refractivity contribution in [1.29, 1.82) is 0 Å². The van der Waals surface area contributed by atoms with Crippen LogP contribution in [0.3, 0.4) is 0 Å². The minimum atomic E-state index is -0.485. The summed E-state index contributed by atoms with van der Waals surface area (Å²) < 4.78 is 23.8. The first-order chi connectivity index (χ1) is 19.6. The van der Waals surface area contributed by atoms with Gasteiger partial charge in [-0.05, 0) is 70.1 Å². The van der Waals surface area contributed by atoms with Gasteiger partial charge in [-0.2, -0.15) is 9.97 Å². The fraction of sp³-hybridized carbons (Fsp3) is 0.517. The van der Waals surface area contributed by atoms with Crippen LogP contribution in [0.5, 0.6) is 6.01 Å². The monoisotopic (exact) mass is 560 g/mol. The first kappa shape index (κ1) is 24.6. The molecule has 4 saturated heterocycles. The van der Waals surface area contributed by atoms with E-state index in [1.165, 1.54) is 30.6 Å². The van der Waals surface area contributed by atoms with Crippen molar-refractivity contribution < 1.29 is 9.13 Å². The lowest BCUT2D eigenvalue weighted by Crippen LogP contribution is -2.43. The molecule has 4 fully saturated rings. The van der Waals surface area contributed by atoms with Gasteiger partial charge in [0.25, 0.3) is 0 Å². The molecule has 1 aromatic carbocycles. The normalized spacial score (nSPS) is 24.2. The van der Waals surface area contributed by atoms with Crippen molar-refractivity contribution in [2.24, 2.45) is 5.92 Å². The highest BCUT2D eigenvalue weighted by Gasteiger charge is 2.45. The number of ether oxygens (including phenoxy) is 1. The largest absolute Gasteiger partial charge is 0.461 e. The molecule has 0 amide bonds. The molecule has 11 heteroatoms. The maximum atomic E-state index is 16.5. The highest BCUT2D eigenvalue weighted by molar-refractivity contribution is 7.22. The van der Waals surface area contributed by atoms with Crippen LogP contribution in [0, 0.1) is 11.7 Å². The van der Waals surface area contributed by atoms with Crippen LogP contribution in [-0.4, -0.2) is 75.7 Å². The van der Waals surface area contributed by atoms with Gasteiger partial charge >= 0.3 is 6.01 Å². The van der Waals surface area contributed by atoms with E-state index < -0.39 is 5.82 Å². The molecule has 0 saturated carbocycles. The summed E-state index contributed by atoms with van der Waals surface area (Å²) in [7, 11) is 0. The van der Waals surface area contributed by atoms with E-state index in [1.54, 1.807) is 6.20 Å². The Bertz CT molecular complexity index is 1600. The predicted octanol–water partition coefficient (Wildman–Crippen LogP) is 4.22. The third kappa shape index (κ3) is 4.01. The molecule has 208 valence electrons. The quantitative estimate of drug-likeness (QED) is 0.371. The summed E-state index contributed by atoms with van der Waals surface area (Å²) in [6.07, 6.45) is 8.57. The number of para-hydroxylation sites is 1. The number of nitrogens with one attached hydrogen (secondary N) is 1. The van der Waals surface area contributed by atoms with E-state index in [2.05, 4.69) is 25.1 Å². The number of halogens is 1.